The van der Waals surface area contributed by atoms with Crippen molar-refractivity contribution in [2.45, 2.75) is 25.8 Å². The summed E-state index contributed by atoms with van der Waals surface area (Å²) < 4.78 is 2.26. The summed E-state index contributed by atoms with van der Waals surface area (Å²) >= 11 is 7.07. The quantitative estimate of drug-likeness (QED) is 0.867. The first kappa shape index (κ1) is 14.5. The molecule has 18 heavy (non-hydrogen) atoms. The van der Waals surface area contributed by atoms with Gasteiger partial charge in [-0.3, -0.25) is 4.90 Å². The van der Waals surface area contributed by atoms with Crippen molar-refractivity contribution in [2.24, 2.45) is 11.7 Å². The summed E-state index contributed by atoms with van der Waals surface area (Å²) in [5.41, 5.74) is 7.00. The number of piperidine rings is 1. The Morgan fingerprint density at radius 2 is 1.89 bits per heavy atom. The zero-order chi connectivity index (χ0) is 13.0. The highest BCUT2D eigenvalue weighted by Crippen LogP contribution is 2.26. The van der Waals surface area contributed by atoms with E-state index in [0.29, 0.717) is 0 Å². The highest BCUT2D eigenvalue weighted by Gasteiger charge is 2.18. The Labute approximate surface area is 126 Å². The Morgan fingerprint density at radius 3 is 2.50 bits per heavy atom. The lowest BCUT2D eigenvalue weighted by Gasteiger charge is -2.31. The van der Waals surface area contributed by atoms with E-state index in [1.54, 1.807) is 0 Å². The van der Waals surface area contributed by atoms with Gasteiger partial charge in [-0.05, 0) is 94.4 Å². The van der Waals surface area contributed by atoms with Crippen molar-refractivity contribution < 1.29 is 0 Å². The Hall–Kier alpha value is 0.1000. The molecule has 1 aromatic rings. The summed E-state index contributed by atoms with van der Waals surface area (Å²) in [5.74, 6) is 0.850. The minimum absolute atomic E-state index is 0.838. The van der Waals surface area contributed by atoms with Crippen LogP contribution in [0.15, 0.2) is 27.1 Å². The maximum Gasteiger partial charge on any atom is 0.0320 e. The van der Waals surface area contributed by atoms with E-state index in [0.717, 1.165) is 28.0 Å². The molecule has 1 fully saturated rings. The van der Waals surface area contributed by atoms with Crippen LogP contribution in [-0.4, -0.2) is 24.5 Å². The van der Waals surface area contributed by atoms with Crippen LogP contribution in [0.3, 0.4) is 0 Å². The fourth-order valence-electron chi connectivity index (χ4n) is 2.57. The Balaban J connectivity index is 1.85. The fourth-order valence-corrected chi connectivity index (χ4v) is 3.24. The monoisotopic (exact) mass is 374 g/mol. The minimum Gasteiger partial charge on any atom is -0.330 e. The van der Waals surface area contributed by atoms with E-state index < -0.39 is 0 Å². The topological polar surface area (TPSA) is 29.3 Å². The number of likely N-dealkylation sites (tertiary alicyclic amines) is 1. The molecule has 100 valence electrons. The van der Waals surface area contributed by atoms with Crippen molar-refractivity contribution in [1.82, 2.24) is 4.90 Å². The fraction of sp³-hybridized carbons (Fsp3) is 0.571. The van der Waals surface area contributed by atoms with Gasteiger partial charge in [-0.15, -0.1) is 0 Å². The Bertz CT molecular complexity index is 387. The van der Waals surface area contributed by atoms with Crippen LogP contribution in [0, 0.1) is 5.92 Å². The third kappa shape index (κ3) is 4.05. The van der Waals surface area contributed by atoms with Crippen LogP contribution >= 0.6 is 31.9 Å². The van der Waals surface area contributed by atoms with Crippen LogP contribution in [0.1, 0.15) is 24.8 Å². The van der Waals surface area contributed by atoms with Gasteiger partial charge in [0.05, 0.1) is 0 Å². The summed E-state index contributed by atoms with van der Waals surface area (Å²) in [5, 5.41) is 0. The smallest absolute Gasteiger partial charge is 0.0320 e. The zero-order valence-corrected chi connectivity index (χ0v) is 13.7. The molecule has 1 aromatic carbocycles. The molecule has 0 spiro atoms. The third-order valence-electron chi connectivity index (χ3n) is 3.67. The molecule has 4 heteroatoms. The van der Waals surface area contributed by atoms with Crippen LogP contribution in [0.5, 0.6) is 0 Å². The van der Waals surface area contributed by atoms with Crippen molar-refractivity contribution in [1.29, 1.82) is 0 Å². The predicted octanol–water partition coefficient (Wildman–Crippen LogP) is 3.77. The van der Waals surface area contributed by atoms with E-state index in [2.05, 4.69) is 55.0 Å². The SMILES string of the molecule is NCCC1CCN(Cc2ccc(Br)c(Br)c2)CC1. The van der Waals surface area contributed by atoms with Crippen LogP contribution < -0.4 is 5.73 Å². The van der Waals surface area contributed by atoms with E-state index in [-0.39, 0.29) is 0 Å². The molecular formula is C14H20Br2N2. The van der Waals surface area contributed by atoms with E-state index in [1.807, 2.05) is 0 Å². The molecule has 0 aliphatic carbocycles. The molecule has 2 rings (SSSR count). The summed E-state index contributed by atoms with van der Waals surface area (Å²) in [7, 11) is 0. The van der Waals surface area contributed by atoms with Gasteiger partial charge in [0.25, 0.3) is 0 Å². The number of nitrogens with zero attached hydrogens (tertiary/aromatic N) is 1. The normalized spacial score (nSPS) is 18.2. The van der Waals surface area contributed by atoms with Gasteiger partial charge < -0.3 is 5.73 Å². The molecule has 0 saturated carbocycles. The van der Waals surface area contributed by atoms with Crippen molar-refractivity contribution in [3.63, 3.8) is 0 Å². The van der Waals surface area contributed by atoms with E-state index in [1.165, 1.54) is 37.9 Å². The molecule has 1 heterocycles. The number of hydrogen-bond donors (Lipinski definition) is 1. The third-order valence-corrected chi connectivity index (χ3v) is 5.55. The predicted molar refractivity (Wildman–Crippen MR) is 83.5 cm³/mol. The van der Waals surface area contributed by atoms with Gasteiger partial charge in [0.2, 0.25) is 0 Å². The second-order valence-electron chi connectivity index (χ2n) is 5.05. The highest BCUT2D eigenvalue weighted by atomic mass is 79.9. The molecule has 1 saturated heterocycles. The maximum atomic E-state index is 5.63. The van der Waals surface area contributed by atoms with Crippen molar-refractivity contribution in [3.8, 4) is 0 Å². The number of rotatable bonds is 4. The molecule has 0 bridgehead atoms. The lowest BCUT2D eigenvalue weighted by molar-refractivity contribution is 0.173. The standard InChI is InChI=1S/C14H20Br2N2/c15-13-2-1-12(9-14(13)16)10-18-7-4-11(3-6-17)5-8-18/h1-2,9,11H,3-8,10,17H2. The first-order valence-corrected chi connectivity index (χ1v) is 8.14. The van der Waals surface area contributed by atoms with Crippen molar-refractivity contribution in [3.05, 3.63) is 32.7 Å². The lowest BCUT2D eigenvalue weighted by Crippen LogP contribution is -2.33. The molecule has 1 aliphatic rings. The molecule has 0 unspecified atom stereocenters. The van der Waals surface area contributed by atoms with Gasteiger partial charge in [-0.25, -0.2) is 0 Å². The van der Waals surface area contributed by atoms with Crippen molar-refractivity contribution in [2.75, 3.05) is 19.6 Å². The molecule has 0 radical (unpaired) electrons. The average Bonchev–Trinajstić information content (AvgIpc) is 2.37. The maximum absolute atomic E-state index is 5.63. The number of halogens is 2. The summed E-state index contributed by atoms with van der Waals surface area (Å²) in [6.45, 7) is 4.31. The van der Waals surface area contributed by atoms with Gasteiger partial charge in [0.15, 0.2) is 0 Å². The average molecular weight is 376 g/mol. The molecule has 1 aliphatic heterocycles. The van der Waals surface area contributed by atoms with Crippen LogP contribution in [0.25, 0.3) is 0 Å². The Morgan fingerprint density at radius 1 is 1.17 bits per heavy atom. The summed E-state index contributed by atoms with van der Waals surface area (Å²) in [4.78, 5) is 2.54. The number of hydrogen-bond acceptors (Lipinski definition) is 2. The van der Waals surface area contributed by atoms with Crippen LogP contribution in [-0.2, 0) is 6.54 Å². The molecule has 0 amide bonds. The molecule has 2 nitrogen and oxygen atoms in total. The number of benzene rings is 1. The van der Waals surface area contributed by atoms with Gasteiger partial charge in [-0.2, -0.15) is 0 Å². The minimum atomic E-state index is 0.838. The van der Waals surface area contributed by atoms with Crippen LogP contribution in [0.2, 0.25) is 0 Å². The molecule has 0 atom stereocenters. The lowest BCUT2D eigenvalue weighted by atomic mass is 9.93. The highest BCUT2D eigenvalue weighted by molar-refractivity contribution is 9.13. The first-order chi connectivity index (χ1) is 8.69. The van der Waals surface area contributed by atoms with Gasteiger partial charge in [0.1, 0.15) is 0 Å². The summed E-state index contributed by atoms with van der Waals surface area (Å²) in [6, 6.07) is 6.51. The molecule has 0 aromatic heterocycles. The second-order valence-corrected chi connectivity index (χ2v) is 6.75. The molecule has 2 N–H and O–H groups in total. The van der Waals surface area contributed by atoms with Gasteiger partial charge >= 0.3 is 0 Å². The first-order valence-electron chi connectivity index (χ1n) is 6.55. The van der Waals surface area contributed by atoms with E-state index in [4.69, 9.17) is 5.73 Å². The summed E-state index contributed by atoms with van der Waals surface area (Å²) in [6.07, 6.45) is 3.79. The van der Waals surface area contributed by atoms with E-state index in [9.17, 15) is 0 Å². The number of nitrogens with two attached hydrogens (primary N) is 1. The van der Waals surface area contributed by atoms with Gasteiger partial charge in [-0.1, -0.05) is 6.07 Å². The van der Waals surface area contributed by atoms with Crippen molar-refractivity contribution >= 4 is 31.9 Å². The van der Waals surface area contributed by atoms with Gasteiger partial charge in [0, 0.05) is 15.5 Å². The zero-order valence-electron chi connectivity index (χ0n) is 10.5. The van der Waals surface area contributed by atoms with E-state index >= 15 is 0 Å². The molecular weight excluding hydrogens is 356 g/mol. The van der Waals surface area contributed by atoms with Crippen LogP contribution in [0.4, 0.5) is 0 Å². The second kappa shape index (κ2) is 7.04. The largest absolute Gasteiger partial charge is 0.330 e. The Kier molecular flexibility index (Phi) is 5.67.